The lowest BCUT2D eigenvalue weighted by molar-refractivity contribution is 0.107. The summed E-state index contributed by atoms with van der Waals surface area (Å²) in [6.45, 7) is 4.57. The van der Waals surface area contributed by atoms with Gasteiger partial charge in [0.05, 0.1) is 0 Å². The number of benzene rings is 2. The highest BCUT2D eigenvalue weighted by molar-refractivity contribution is 5.90. The first kappa shape index (κ1) is 13.1. The van der Waals surface area contributed by atoms with E-state index in [0.717, 1.165) is 25.3 Å². The second kappa shape index (κ2) is 6.06. The summed E-state index contributed by atoms with van der Waals surface area (Å²) >= 11 is 0. The zero-order valence-electron chi connectivity index (χ0n) is 11.8. The Morgan fingerprint density at radius 1 is 1.20 bits per heavy atom. The number of ether oxygens (including phenoxy) is 1. The summed E-state index contributed by atoms with van der Waals surface area (Å²) in [5.74, 6) is 0.966. The van der Waals surface area contributed by atoms with E-state index in [2.05, 4.69) is 52.8 Å². The molecule has 0 fully saturated rings. The van der Waals surface area contributed by atoms with Gasteiger partial charge in [-0.15, -0.1) is 0 Å². The molecular weight excluding hydrogens is 248 g/mol. The molecule has 1 N–H and O–H groups in total. The van der Waals surface area contributed by atoms with E-state index in [1.807, 2.05) is 6.92 Å². The SMILES string of the molecule is CCOC(C1=NCCCN1)c1ccc2ccccc2c1. The number of amidine groups is 1. The Kier molecular flexibility index (Phi) is 3.97. The van der Waals surface area contributed by atoms with Crippen molar-refractivity contribution in [1.29, 1.82) is 0 Å². The predicted molar refractivity (Wildman–Crippen MR) is 83.2 cm³/mol. The Balaban J connectivity index is 1.97. The Bertz CT molecular complexity index is 621. The van der Waals surface area contributed by atoms with Crippen LogP contribution in [0.25, 0.3) is 10.8 Å². The minimum atomic E-state index is -0.0788. The van der Waals surface area contributed by atoms with Gasteiger partial charge in [-0.25, -0.2) is 0 Å². The molecule has 0 aromatic heterocycles. The van der Waals surface area contributed by atoms with Crippen LogP contribution in [0.4, 0.5) is 0 Å². The molecule has 0 saturated carbocycles. The van der Waals surface area contributed by atoms with Crippen molar-refractivity contribution in [1.82, 2.24) is 5.32 Å². The summed E-state index contributed by atoms with van der Waals surface area (Å²) < 4.78 is 5.92. The maximum Gasteiger partial charge on any atom is 0.139 e. The summed E-state index contributed by atoms with van der Waals surface area (Å²) in [5, 5.41) is 5.87. The van der Waals surface area contributed by atoms with Gasteiger partial charge in [0.2, 0.25) is 0 Å². The fourth-order valence-electron chi connectivity index (χ4n) is 2.60. The first-order valence-corrected chi connectivity index (χ1v) is 7.27. The van der Waals surface area contributed by atoms with Crippen molar-refractivity contribution in [2.45, 2.75) is 19.4 Å². The molecular formula is C17H20N2O. The third kappa shape index (κ3) is 2.68. The van der Waals surface area contributed by atoms with Gasteiger partial charge in [-0.05, 0) is 35.7 Å². The van der Waals surface area contributed by atoms with E-state index in [9.17, 15) is 0 Å². The molecule has 3 nitrogen and oxygen atoms in total. The Morgan fingerprint density at radius 3 is 2.80 bits per heavy atom. The first-order valence-electron chi connectivity index (χ1n) is 7.27. The van der Waals surface area contributed by atoms with Gasteiger partial charge in [-0.1, -0.05) is 36.4 Å². The average Bonchev–Trinajstić information content (AvgIpc) is 2.53. The van der Waals surface area contributed by atoms with E-state index >= 15 is 0 Å². The molecule has 0 saturated heterocycles. The van der Waals surface area contributed by atoms with Gasteiger partial charge >= 0.3 is 0 Å². The molecule has 1 aliphatic rings. The second-order valence-corrected chi connectivity index (χ2v) is 4.99. The van der Waals surface area contributed by atoms with Gasteiger partial charge in [0.15, 0.2) is 0 Å². The summed E-state index contributed by atoms with van der Waals surface area (Å²) in [7, 11) is 0. The number of aliphatic imine (C=N–C) groups is 1. The van der Waals surface area contributed by atoms with E-state index < -0.39 is 0 Å². The van der Waals surface area contributed by atoms with Gasteiger partial charge in [0, 0.05) is 19.7 Å². The van der Waals surface area contributed by atoms with E-state index in [1.54, 1.807) is 0 Å². The standard InChI is InChI=1S/C17H20N2O/c1-2-20-16(17-18-10-5-11-19-17)15-9-8-13-6-3-4-7-14(13)12-15/h3-4,6-9,12,16H,2,5,10-11H2,1H3,(H,18,19). The lowest BCUT2D eigenvalue weighted by atomic mass is 10.0. The van der Waals surface area contributed by atoms with Crippen LogP contribution in [0.3, 0.4) is 0 Å². The largest absolute Gasteiger partial charge is 0.371 e. The fourth-order valence-corrected chi connectivity index (χ4v) is 2.60. The van der Waals surface area contributed by atoms with Crippen LogP contribution in [0, 0.1) is 0 Å². The molecule has 104 valence electrons. The number of hydrogen-bond acceptors (Lipinski definition) is 3. The Hall–Kier alpha value is -1.87. The molecule has 3 heteroatoms. The van der Waals surface area contributed by atoms with Crippen molar-refractivity contribution in [3.63, 3.8) is 0 Å². The van der Waals surface area contributed by atoms with Gasteiger partial charge in [-0.3, -0.25) is 4.99 Å². The van der Waals surface area contributed by atoms with Crippen molar-refractivity contribution in [2.75, 3.05) is 19.7 Å². The molecule has 0 aliphatic carbocycles. The van der Waals surface area contributed by atoms with Crippen LogP contribution in [0.5, 0.6) is 0 Å². The van der Waals surface area contributed by atoms with E-state index in [-0.39, 0.29) is 6.10 Å². The van der Waals surface area contributed by atoms with Crippen LogP contribution in [0.2, 0.25) is 0 Å². The predicted octanol–water partition coefficient (Wildman–Crippen LogP) is 3.31. The van der Waals surface area contributed by atoms with E-state index in [1.165, 1.54) is 16.3 Å². The maximum absolute atomic E-state index is 5.92. The molecule has 1 unspecified atom stereocenters. The van der Waals surface area contributed by atoms with Crippen LogP contribution in [0.1, 0.15) is 25.0 Å². The molecule has 3 rings (SSSR count). The third-order valence-corrected chi connectivity index (χ3v) is 3.58. The third-order valence-electron chi connectivity index (χ3n) is 3.58. The highest BCUT2D eigenvalue weighted by Gasteiger charge is 2.20. The molecule has 0 amide bonds. The number of hydrogen-bond donors (Lipinski definition) is 1. The summed E-state index contributed by atoms with van der Waals surface area (Å²) in [6.07, 6.45) is 1.02. The summed E-state index contributed by atoms with van der Waals surface area (Å²) in [6, 6.07) is 14.9. The van der Waals surface area contributed by atoms with Crippen LogP contribution in [-0.4, -0.2) is 25.5 Å². The van der Waals surface area contributed by atoms with Crippen LogP contribution in [-0.2, 0) is 4.74 Å². The number of nitrogens with one attached hydrogen (secondary N) is 1. The van der Waals surface area contributed by atoms with E-state index in [0.29, 0.717) is 6.61 Å². The van der Waals surface area contributed by atoms with Gasteiger partial charge in [-0.2, -0.15) is 0 Å². The highest BCUT2D eigenvalue weighted by atomic mass is 16.5. The zero-order chi connectivity index (χ0) is 13.8. The smallest absolute Gasteiger partial charge is 0.139 e. The fraction of sp³-hybridized carbons (Fsp3) is 0.353. The lowest BCUT2D eigenvalue weighted by Gasteiger charge is -2.24. The molecule has 2 aromatic carbocycles. The van der Waals surface area contributed by atoms with Gasteiger partial charge < -0.3 is 10.1 Å². The Morgan fingerprint density at radius 2 is 2.05 bits per heavy atom. The molecule has 0 bridgehead atoms. The zero-order valence-corrected chi connectivity index (χ0v) is 11.8. The van der Waals surface area contributed by atoms with E-state index in [4.69, 9.17) is 4.74 Å². The second-order valence-electron chi connectivity index (χ2n) is 4.99. The van der Waals surface area contributed by atoms with Crippen LogP contribution in [0.15, 0.2) is 47.5 Å². The maximum atomic E-state index is 5.92. The minimum absolute atomic E-state index is 0.0788. The normalized spacial score (nSPS) is 16.6. The monoisotopic (exact) mass is 268 g/mol. The minimum Gasteiger partial charge on any atom is -0.371 e. The number of fused-ring (bicyclic) bond motifs is 1. The molecule has 1 aliphatic heterocycles. The van der Waals surface area contributed by atoms with Crippen molar-refractivity contribution < 1.29 is 4.74 Å². The quantitative estimate of drug-likeness (QED) is 0.923. The molecule has 1 atom stereocenters. The topological polar surface area (TPSA) is 33.6 Å². The summed E-state index contributed by atoms with van der Waals surface area (Å²) in [4.78, 5) is 4.59. The number of rotatable bonds is 4. The van der Waals surface area contributed by atoms with Crippen LogP contribution < -0.4 is 5.32 Å². The first-order chi connectivity index (χ1) is 9.88. The molecule has 0 radical (unpaired) electrons. The highest BCUT2D eigenvalue weighted by Crippen LogP contribution is 2.24. The van der Waals surface area contributed by atoms with Crippen molar-refractivity contribution >= 4 is 16.6 Å². The molecule has 2 aromatic rings. The Labute approximate surface area is 119 Å². The van der Waals surface area contributed by atoms with Crippen molar-refractivity contribution in [3.8, 4) is 0 Å². The molecule has 20 heavy (non-hydrogen) atoms. The van der Waals surface area contributed by atoms with Crippen molar-refractivity contribution in [2.24, 2.45) is 4.99 Å². The number of nitrogens with zero attached hydrogens (tertiary/aromatic N) is 1. The van der Waals surface area contributed by atoms with Crippen molar-refractivity contribution in [3.05, 3.63) is 48.0 Å². The van der Waals surface area contributed by atoms with Crippen LogP contribution >= 0.6 is 0 Å². The summed E-state index contributed by atoms with van der Waals surface area (Å²) in [5.41, 5.74) is 1.17. The lowest BCUT2D eigenvalue weighted by Crippen LogP contribution is -2.35. The van der Waals surface area contributed by atoms with Gasteiger partial charge in [0.1, 0.15) is 11.9 Å². The van der Waals surface area contributed by atoms with Gasteiger partial charge in [0.25, 0.3) is 0 Å². The molecule has 1 heterocycles. The molecule has 0 spiro atoms. The average molecular weight is 268 g/mol.